The number of barbiturate groups is 1. The standard InChI is InChI=1S/C27H20Cl3N3O6/c1-14-3-6-17(12-20(14)29)33-26(36)18(25(35)32-27(33)37)9-15-4-8-22(23(10-15)38-2)39-13-24(34)31-16-5-7-19(28)21(30)11-16/h3-12H,13H2,1-2H3,(H,31,34)(H,32,35,37)/b18-9+. The Bertz CT molecular complexity index is 1540. The summed E-state index contributed by atoms with van der Waals surface area (Å²) >= 11 is 18.0. The van der Waals surface area contributed by atoms with E-state index < -0.39 is 23.8 Å². The maximum absolute atomic E-state index is 13.2. The van der Waals surface area contributed by atoms with Gasteiger partial charge in [-0.15, -0.1) is 0 Å². The number of benzene rings is 3. The van der Waals surface area contributed by atoms with Crippen LogP contribution in [-0.2, 0) is 14.4 Å². The highest BCUT2D eigenvalue weighted by Crippen LogP contribution is 2.31. The van der Waals surface area contributed by atoms with Crippen LogP contribution in [0.25, 0.3) is 6.08 Å². The largest absolute Gasteiger partial charge is 0.493 e. The van der Waals surface area contributed by atoms with Crippen molar-refractivity contribution in [3.63, 3.8) is 0 Å². The normalized spacial score (nSPS) is 14.3. The molecule has 0 aliphatic carbocycles. The van der Waals surface area contributed by atoms with Gasteiger partial charge in [-0.2, -0.15) is 0 Å². The lowest BCUT2D eigenvalue weighted by atomic mass is 10.1. The number of hydrogen-bond acceptors (Lipinski definition) is 6. The molecule has 0 atom stereocenters. The zero-order chi connectivity index (χ0) is 28.3. The van der Waals surface area contributed by atoms with E-state index in [1.807, 2.05) is 0 Å². The van der Waals surface area contributed by atoms with Crippen molar-refractivity contribution in [3.05, 3.63) is 86.4 Å². The summed E-state index contributed by atoms with van der Waals surface area (Å²) < 4.78 is 10.9. The SMILES string of the molecule is COc1cc(/C=C2\C(=O)NC(=O)N(c3ccc(C)c(Cl)c3)C2=O)ccc1OCC(=O)Nc1ccc(Cl)c(Cl)c1. The van der Waals surface area contributed by atoms with E-state index in [4.69, 9.17) is 44.3 Å². The van der Waals surface area contributed by atoms with Crippen molar-refractivity contribution < 1.29 is 28.7 Å². The average molecular weight is 589 g/mol. The number of rotatable bonds is 7. The number of carbonyl (C=O) groups is 4. The Morgan fingerprint density at radius 3 is 2.41 bits per heavy atom. The third-order valence-electron chi connectivity index (χ3n) is 5.58. The molecule has 39 heavy (non-hydrogen) atoms. The third-order valence-corrected chi connectivity index (χ3v) is 6.72. The smallest absolute Gasteiger partial charge is 0.335 e. The van der Waals surface area contributed by atoms with E-state index in [-0.39, 0.29) is 29.4 Å². The van der Waals surface area contributed by atoms with E-state index >= 15 is 0 Å². The number of methoxy groups -OCH3 is 1. The first-order valence-electron chi connectivity index (χ1n) is 11.3. The monoisotopic (exact) mass is 587 g/mol. The number of anilines is 2. The van der Waals surface area contributed by atoms with Gasteiger partial charge in [-0.3, -0.25) is 19.7 Å². The van der Waals surface area contributed by atoms with Crippen LogP contribution >= 0.6 is 34.8 Å². The summed E-state index contributed by atoms with van der Waals surface area (Å²) in [6.07, 6.45) is 1.32. The van der Waals surface area contributed by atoms with E-state index in [1.54, 1.807) is 37.3 Å². The van der Waals surface area contributed by atoms with Crippen LogP contribution < -0.4 is 25.0 Å². The quantitative estimate of drug-likeness (QED) is 0.272. The molecule has 2 N–H and O–H groups in total. The van der Waals surface area contributed by atoms with Crippen molar-refractivity contribution in [1.29, 1.82) is 0 Å². The highest BCUT2D eigenvalue weighted by atomic mass is 35.5. The molecule has 0 unspecified atom stereocenters. The number of hydrogen-bond donors (Lipinski definition) is 2. The third kappa shape index (κ3) is 6.34. The van der Waals surface area contributed by atoms with Crippen molar-refractivity contribution in [2.24, 2.45) is 0 Å². The van der Waals surface area contributed by atoms with E-state index in [0.29, 0.717) is 26.3 Å². The fourth-order valence-corrected chi connectivity index (χ4v) is 4.06. The maximum atomic E-state index is 13.2. The number of aryl methyl sites for hydroxylation is 1. The number of amides is 5. The van der Waals surface area contributed by atoms with Gasteiger partial charge in [0.2, 0.25) is 0 Å². The highest BCUT2D eigenvalue weighted by Gasteiger charge is 2.37. The zero-order valence-corrected chi connectivity index (χ0v) is 22.8. The van der Waals surface area contributed by atoms with Crippen LogP contribution in [0.4, 0.5) is 16.2 Å². The van der Waals surface area contributed by atoms with Crippen LogP contribution in [0.3, 0.4) is 0 Å². The van der Waals surface area contributed by atoms with Gasteiger partial charge >= 0.3 is 6.03 Å². The maximum Gasteiger partial charge on any atom is 0.335 e. The molecule has 4 rings (SSSR count). The van der Waals surface area contributed by atoms with Crippen LogP contribution in [0.5, 0.6) is 11.5 Å². The summed E-state index contributed by atoms with van der Waals surface area (Å²) in [5, 5.41) is 5.82. The molecule has 1 fully saturated rings. The van der Waals surface area contributed by atoms with Crippen LogP contribution in [0.2, 0.25) is 15.1 Å². The van der Waals surface area contributed by atoms with Crippen molar-refractivity contribution >= 4 is 76.0 Å². The van der Waals surface area contributed by atoms with E-state index in [1.165, 1.54) is 37.5 Å². The summed E-state index contributed by atoms with van der Waals surface area (Å²) in [6, 6.07) is 13.1. The minimum atomic E-state index is -0.887. The second-order valence-electron chi connectivity index (χ2n) is 8.27. The first kappa shape index (κ1) is 28.0. The second-order valence-corrected chi connectivity index (χ2v) is 9.49. The lowest BCUT2D eigenvalue weighted by molar-refractivity contribution is -0.122. The van der Waals surface area contributed by atoms with E-state index in [0.717, 1.165) is 10.5 Å². The number of imide groups is 2. The summed E-state index contributed by atoms with van der Waals surface area (Å²) in [6.45, 7) is 1.44. The minimum Gasteiger partial charge on any atom is -0.493 e. The lowest BCUT2D eigenvalue weighted by Gasteiger charge is -2.26. The number of urea groups is 1. The molecule has 3 aromatic carbocycles. The minimum absolute atomic E-state index is 0.215. The molecule has 1 saturated heterocycles. The van der Waals surface area contributed by atoms with Crippen molar-refractivity contribution in [2.75, 3.05) is 23.9 Å². The molecule has 0 aromatic heterocycles. The average Bonchev–Trinajstić information content (AvgIpc) is 2.89. The fraction of sp³-hybridized carbons (Fsp3) is 0.111. The highest BCUT2D eigenvalue weighted by molar-refractivity contribution is 6.42. The Morgan fingerprint density at radius 2 is 1.72 bits per heavy atom. The van der Waals surface area contributed by atoms with Gasteiger partial charge in [0.15, 0.2) is 18.1 Å². The van der Waals surface area contributed by atoms with Crippen LogP contribution in [0.15, 0.2) is 60.2 Å². The molecule has 12 heteroatoms. The fourth-order valence-electron chi connectivity index (χ4n) is 3.59. The van der Waals surface area contributed by atoms with Crippen molar-refractivity contribution in [1.82, 2.24) is 5.32 Å². The Kier molecular flexibility index (Phi) is 8.44. The number of carbonyl (C=O) groups excluding carboxylic acids is 4. The zero-order valence-electron chi connectivity index (χ0n) is 20.5. The van der Waals surface area contributed by atoms with Crippen molar-refractivity contribution in [3.8, 4) is 11.5 Å². The van der Waals surface area contributed by atoms with Gasteiger partial charge in [-0.05, 0) is 66.6 Å². The van der Waals surface area contributed by atoms with Crippen LogP contribution in [0.1, 0.15) is 11.1 Å². The molecular weight excluding hydrogens is 569 g/mol. The van der Waals surface area contributed by atoms with E-state index in [9.17, 15) is 19.2 Å². The van der Waals surface area contributed by atoms with Crippen LogP contribution in [-0.4, -0.2) is 37.5 Å². The molecule has 0 radical (unpaired) electrons. The molecule has 0 saturated carbocycles. The first-order valence-corrected chi connectivity index (χ1v) is 12.4. The molecule has 1 heterocycles. The molecule has 200 valence electrons. The van der Waals surface area contributed by atoms with E-state index in [2.05, 4.69) is 10.6 Å². The summed E-state index contributed by atoms with van der Waals surface area (Å²) in [7, 11) is 1.40. The van der Waals surface area contributed by atoms with Gasteiger partial charge in [0.05, 0.1) is 22.8 Å². The molecular formula is C27H20Cl3N3O6. The molecule has 1 aliphatic heterocycles. The Hall–Kier alpha value is -4.05. The predicted molar refractivity (Wildman–Crippen MR) is 149 cm³/mol. The number of ether oxygens (including phenoxy) is 2. The van der Waals surface area contributed by atoms with Gasteiger partial charge < -0.3 is 14.8 Å². The second kappa shape index (κ2) is 11.8. The van der Waals surface area contributed by atoms with Gasteiger partial charge in [0.1, 0.15) is 5.57 Å². The van der Waals surface area contributed by atoms with Gasteiger partial charge in [0, 0.05) is 10.7 Å². The Balaban J connectivity index is 1.51. The molecule has 9 nitrogen and oxygen atoms in total. The predicted octanol–water partition coefficient (Wildman–Crippen LogP) is 5.65. The molecule has 1 aliphatic rings. The Morgan fingerprint density at radius 1 is 0.949 bits per heavy atom. The van der Waals surface area contributed by atoms with Gasteiger partial charge in [0.25, 0.3) is 17.7 Å². The Labute approximate surface area is 238 Å². The van der Waals surface area contributed by atoms with Crippen LogP contribution in [0, 0.1) is 6.92 Å². The molecule has 0 spiro atoms. The van der Waals surface area contributed by atoms with Gasteiger partial charge in [-0.1, -0.05) is 46.9 Å². The summed E-state index contributed by atoms with van der Waals surface area (Å²) in [5.74, 6) is -1.63. The topological polar surface area (TPSA) is 114 Å². The number of nitrogens with zero attached hydrogens (tertiary/aromatic N) is 1. The number of halogens is 3. The molecule has 3 aromatic rings. The molecule has 5 amide bonds. The van der Waals surface area contributed by atoms with Gasteiger partial charge in [-0.25, -0.2) is 9.69 Å². The summed E-state index contributed by atoms with van der Waals surface area (Å²) in [4.78, 5) is 51.3. The molecule has 0 bridgehead atoms. The van der Waals surface area contributed by atoms with Crippen molar-refractivity contribution in [2.45, 2.75) is 6.92 Å². The summed E-state index contributed by atoms with van der Waals surface area (Å²) in [5.41, 5.74) is 1.56. The number of nitrogens with one attached hydrogen (secondary N) is 2. The lowest BCUT2D eigenvalue weighted by Crippen LogP contribution is -2.54. The first-order chi connectivity index (χ1) is 18.6.